The van der Waals surface area contributed by atoms with E-state index in [1.165, 1.54) is 0 Å². The lowest BCUT2D eigenvalue weighted by atomic mass is 10.2. The lowest BCUT2D eigenvalue weighted by Gasteiger charge is -2.17. The fourth-order valence-electron chi connectivity index (χ4n) is 1.27. The molecule has 0 aromatic rings. The molecule has 0 aliphatic rings. The first kappa shape index (κ1) is 15.9. The minimum atomic E-state index is -0.467. The van der Waals surface area contributed by atoms with Crippen LogP contribution in [0.25, 0.3) is 0 Å². The standard InChI is InChI=1S/C12H25N3O2/c1-5-9(2)14-12(17)10(3)15-11(16)7-6-8-13-4/h9-10,13H,5-8H2,1-4H3,(H,14,17)(H,15,16). The van der Waals surface area contributed by atoms with Gasteiger partial charge >= 0.3 is 0 Å². The van der Waals surface area contributed by atoms with Crippen LogP contribution in [0, 0.1) is 0 Å². The molecule has 5 heteroatoms. The highest BCUT2D eigenvalue weighted by Crippen LogP contribution is 1.93. The number of carbonyl (C=O) groups excluding carboxylic acids is 2. The highest BCUT2D eigenvalue weighted by molar-refractivity contribution is 5.87. The smallest absolute Gasteiger partial charge is 0.242 e. The van der Waals surface area contributed by atoms with E-state index in [1.54, 1.807) is 6.92 Å². The van der Waals surface area contributed by atoms with Gasteiger partial charge in [-0.3, -0.25) is 9.59 Å². The van der Waals surface area contributed by atoms with Crippen molar-refractivity contribution in [3.8, 4) is 0 Å². The summed E-state index contributed by atoms with van der Waals surface area (Å²) in [7, 11) is 1.85. The van der Waals surface area contributed by atoms with Gasteiger partial charge in [-0.2, -0.15) is 0 Å². The zero-order chi connectivity index (χ0) is 13.3. The predicted octanol–water partition coefficient (Wildman–Crippen LogP) is 0.405. The largest absolute Gasteiger partial charge is 0.352 e. The first-order valence-corrected chi connectivity index (χ1v) is 6.25. The first-order valence-electron chi connectivity index (χ1n) is 6.25. The summed E-state index contributed by atoms with van der Waals surface area (Å²) in [5, 5.41) is 8.50. The van der Waals surface area contributed by atoms with Crippen LogP contribution in [0.2, 0.25) is 0 Å². The molecule has 0 radical (unpaired) electrons. The highest BCUT2D eigenvalue weighted by atomic mass is 16.2. The number of hydrogen-bond donors (Lipinski definition) is 3. The summed E-state index contributed by atoms with van der Waals surface area (Å²) in [6.07, 6.45) is 2.11. The summed E-state index contributed by atoms with van der Waals surface area (Å²) in [6.45, 7) is 6.46. The van der Waals surface area contributed by atoms with E-state index >= 15 is 0 Å². The van der Waals surface area contributed by atoms with Crippen LogP contribution in [0.15, 0.2) is 0 Å². The number of rotatable bonds is 8. The summed E-state index contributed by atoms with van der Waals surface area (Å²) in [5.74, 6) is -0.201. The number of amides is 2. The average Bonchev–Trinajstić information content (AvgIpc) is 2.28. The van der Waals surface area contributed by atoms with Gasteiger partial charge in [-0.25, -0.2) is 0 Å². The quantitative estimate of drug-likeness (QED) is 0.541. The van der Waals surface area contributed by atoms with E-state index in [0.29, 0.717) is 6.42 Å². The molecule has 0 aromatic heterocycles. The molecule has 0 saturated heterocycles. The molecule has 5 nitrogen and oxygen atoms in total. The van der Waals surface area contributed by atoms with Crippen molar-refractivity contribution in [3.63, 3.8) is 0 Å². The first-order chi connectivity index (χ1) is 8.01. The van der Waals surface area contributed by atoms with Gasteiger partial charge in [0.1, 0.15) is 6.04 Å². The van der Waals surface area contributed by atoms with Gasteiger partial charge in [-0.05, 0) is 40.3 Å². The number of nitrogens with one attached hydrogen (secondary N) is 3. The van der Waals surface area contributed by atoms with Crippen molar-refractivity contribution < 1.29 is 9.59 Å². The Morgan fingerprint density at radius 3 is 2.35 bits per heavy atom. The lowest BCUT2D eigenvalue weighted by Crippen LogP contribution is -2.47. The van der Waals surface area contributed by atoms with Crippen molar-refractivity contribution in [1.82, 2.24) is 16.0 Å². The minimum absolute atomic E-state index is 0.0768. The molecule has 0 rings (SSSR count). The molecule has 2 unspecified atom stereocenters. The molecule has 0 saturated carbocycles. The fourth-order valence-corrected chi connectivity index (χ4v) is 1.27. The zero-order valence-corrected chi connectivity index (χ0v) is 11.3. The molecule has 0 aliphatic carbocycles. The van der Waals surface area contributed by atoms with E-state index in [0.717, 1.165) is 19.4 Å². The van der Waals surface area contributed by atoms with Gasteiger partial charge in [0.15, 0.2) is 0 Å². The van der Waals surface area contributed by atoms with Crippen LogP contribution in [-0.2, 0) is 9.59 Å². The molecule has 100 valence electrons. The Balaban J connectivity index is 3.86. The third-order valence-corrected chi connectivity index (χ3v) is 2.60. The molecule has 0 spiro atoms. The summed E-state index contributed by atoms with van der Waals surface area (Å²) in [4.78, 5) is 23.1. The Morgan fingerprint density at radius 2 is 1.82 bits per heavy atom. The third-order valence-electron chi connectivity index (χ3n) is 2.60. The van der Waals surface area contributed by atoms with Crippen molar-refractivity contribution in [2.75, 3.05) is 13.6 Å². The van der Waals surface area contributed by atoms with Crippen LogP contribution in [0.4, 0.5) is 0 Å². The van der Waals surface area contributed by atoms with Gasteiger partial charge < -0.3 is 16.0 Å². The van der Waals surface area contributed by atoms with Gasteiger partial charge in [-0.15, -0.1) is 0 Å². The van der Waals surface area contributed by atoms with Crippen molar-refractivity contribution in [1.29, 1.82) is 0 Å². The van der Waals surface area contributed by atoms with E-state index in [9.17, 15) is 9.59 Å². The maximum Gasteiger partial charge on any atom is 0.242 e. The zero-order valence-electron chi connectivity index (χ0n) is 11.3. The third kappa shape index (κ3) is 7.74. The van der Waals surface area contributed by atoms with Crippen molar-refractivity contribution in [3.05, 3.63) is 0 Å². The van der Waals surface area contributed by atoms with Gasteiger partial charge in [0.05, 0.1) is 0 Å². The van der Waals surface area contributed by atoms with Crippen LogP contribution in [-0.4, -0.2) is 37.5 Å². The number of carbonyl (C=O) groups is 2. The van der Waals surface area contributed by atoms with Crippen LogP contribution >= 0.6 is 0 Å². The molecule has 2 atom stereocenters. The second-order valence-corrected chi connectivity index (χ2v) is 4.31. The number of hydrogen-bond acceptors (Lipinski definition) is 3. The molecule has 3 N–H and O–H groups in total. The molecule has 2 amide bonds. The van der Waals surface area contributed by atoms with Crippen LogP contribution in [0.3, 0.4) is 0 Å². The van der Waals surface area contributed by atoms with Crippen LogP contribution < -0.4 is 16.0 Å². The molecule has 0 aliphatic heterocycles. The van der Waals surface area contributed by atoms with E-state index in [4.69, 9.17) is 0 Å². The lowest BCUT2D eigenvalue weighted by molar-refractivity contribution is -0.129. The van der Waals surface area contributed by atoms with Crippen molar-refractivity contribution >= 4 is 11.8 Å². The average molecular weight is 243 g/mol. The van der Waals surface area contributed by atoms with Gasteiger partial charge in [0.2, 0.25) is 11.8 Å². The second kappa shape index (κ2) is 8.98. The minimum Gasteiger partial charge on any atom is -0.352 e. The molecule has 0 fully saturated rings. The van der Waals surface area contributed by atoms with E-state index in [-0.39, 0.29) is 17.9 Å². The van der Waals surface area contributed by atoms with Gasteiger partial charge in [-0.1, -0.05) is 6.92 Å². The normalized spacial score (nSPS) is 13.9. The summed E-state index contributed by atoms with van der Waals surface area (Å²) in [6, 6.07) is -0.322. The monoisotopic (exact) mass is 243 g/mol. The molecular weight excluding hydrogens is 218 g/mol. The maximum atomic E-state index is 11.6. The van der Waals surface area contributed by atoms with Crippen LogP contribution in [0.1, 0.15) is 40.0 Å². The SMILES string of the molecule is CCC(C)NC(=O)C(C)NC(=O)CCCNC. The Bertz CT molecular complexity index is 244. The molecule has 0 heterocycles. The van der Waals surface area contributed by atoms with E-state index in [2.05, 4.69) is 16.0 Å². The molecule has 17 heavy (non-hydrogen) atoms. The second-order valence-electron chi connectivity index (χ2n) is 4.31. The Kier molecular flexibility index (Phi) is 8.40. The Labute approximate surface area is 104 Å². The van der Waals surface area contributed by atoms with Gasteiger partial charge in [0.25, 0.3) is 0 Å². The Hall–Kier alpha value is -1.10. The van der Waals surface area contributed by atoms with Crippen molar-refractivity contribution in [2.24, 2.45) is 0 Å². The Morgan fingerprint density at radius 1 is 1.18 bits per heavy atom. The summed E-state index contributed by atoms with van der Waals surface area (Å²) < 4.78 is 0. The fraction of sp³-hybridized carbons (Fsp3) is 0.833. The topological polar surface area (TPSA) is 70.2 Å². The molecule has 0 aromatic carbocycles. The van der Waals surface area contributed by atoms with Gasteiger partial charge in [0, 0.05) is 12.5 Å². The van der Waals surface area contributed by atoms with Crippen molar-refractivity contribution in [2.45, 2.75) is 52.1 Å². The predicted molar refractivity (Wildman–Crippen MR) is 68.7 cm³/mol. The summed E-state index contributed by atoms with van der Waals surface area (Å²) in [5.41, 5.74) is 0. The summed E-state index contributed by atoms with van der Waals surface area (Å²) >= 11 is 0. The van der Waals surface area contributed by atoms with E-state index < -0.39 is 6.04 Å². The molecule has 0 bridgehead atoms. The highest BCUT2D eigenvalue weighted by Gasteiger charge is 2.16. The molecular formula is C12H25N3O2. The van der Waals surface area contributed by atoms with Crippen LogP contribution in [0.5, 0.6) is 0 Å². The van der Waals surface area contributed by atoms with E-state index in [1.807, 2.05) is 20.9 Å². The maximum absolute atomic E-state index is 11.6.